The van der Waals surface area contributed by atoms with Crippen LogP contribution in [0.2, 0.25) is 0 Å². The Morgan fingerprint density at radius 3 is 2.75 bits per heavy atom. The summed E-state index contributed by atoms with van der Waals surface area (Å²) >= 11 is 2.93. The van der Waals surface area contributed by atoms with Gasteiger partial charge in [-0.3, -0.25) is 4.79 Å². The Morgan fingerprint density at radius 1 is 1.15 bits per heavy atom. The zero-order chi connectivity index (χ0) is 14.3. The topological polar surface area (TPSA) is 26.3 Å². The first-order valence-electron chi connectivity index (χ1n) is 6.02. The van der Waals surface area contributed by atoms with Crippen LogP contribution in [0.3, 0.4) is 0 Å². The molecule has 5 heteroatoms. The summed E-state index contributed by atoms with van der Waals surface area (Å²) in [5.41, 5.74) is 1.40. The Kier molecular flexibility index (Phi) is 3.30. The Hall–Kier alpha value is -1.75. The third-order valence-corrected chi connectivity index (χ3v) is 4.01. The van der Waals surface area contributed by atoms with Gasteiger partial charge >= 0.3 is 0 Å². The molecule has 2 aromatic rings. The maximum atomic E-state index is 13.5. The summed E-state index contributed by atoms with van der Waals surface area (Å²) in [7, 11) is 0. The lowest BCUT2D eigenvalue weighted by Crippen LogP contribution is -2.06. The second-order valence-electron chi connectivity index (χ2n) is 4.44. The normalized spacial score (nSPS) is 12.9. The highest BCUT2D eigenvalue weighted by atomic mass is 79.9. The largest absolute Gasteiger partial charge is 0.492 e. The summed E-state index contributed by atoms with van der Waals surface area (Å²) in [6.07, 6.45) is 0.745. The minimum atomic E-state index is -1.07. The molecule has 0 spiro atoms. The average Bonchev–Trinajstić information content (AvgIpc) is 2.92. The van der Waals surface area contributed by atoms with Crippen molar-refractivity contribution >= 4 is 21.7 Å². The number of para-hydroxylation sites is 1. The molecule has 0 fully saturated rings. The highest BCUT2D eigenvalue weighted by Crippen LogP contribution is 2.33. The Morgan fingerprint density at radius 2 is 1.95 bits per heavy atom. The van der Waals surface area contributed by atoms with Crippen LogP contribution in [0.15, 0.2) is 34.8 Å². The van der Waals surface area contributed by atoms with Gasteiger partial charge in [-0.25, -0.2) is 8.78 Å². The second kappa shape index (κ2) is 4.98. The van der Waals surface area contributed by atoms with Gasteiger partial charge in [-0.05, 0) is 39.7 Å². The van der Waals surface area contributed by atoms with Gasteiger partial charge in [0.25, 0.3) is 0 Å². The SMILES string of the molecule is O=C(c1ccc(F)c(F)c1Br)c1cccc2c1OCC2. The summed E-state index contributed by atoms with van der Waals surface area (Å²) in [5.74, 6) is -1.92. The number of ether oxygens (including phenoxy) is 1. The van der Waals surface area contributed by atoms with Gasteiger partial charge < -0.3 is 4.74 Å². The maximum absolute atomic E-state index is 13.5. The molecule has 1 heterocycles. The molecule has 0 saturated carbocycles. The fraction of sp³-hybridized carbons (Fsp3) is 0.133. The molecule has 2 nitrogen and oxygen atoms in total. The van der Waals surface area contributed by atoms with E-state index < -0.39 is 17.4 Å². The maximum Gasteiger partial charge on any atom is 0.198 e. The molecule has 0 aromatic heterocycles. The lowest BCUT2D eigenvalue weighted by atomic mass is 9.99. The van der Waals surface area contributed by atoms with Crippen LogP contribution in [-0.2, 0) is 6.42 Å². The van der Waals surface area contributed by atoms with Gasteiger partial charge in [0.2, 0.25) is 0 Å². The Labute approximate surface area is 122 Å². The fourth-order valence-corrected chi connectivity index (χ4v) is 2.74. The zero-order valence-corrected chi connectivity index (χ0v) is 11.8. The monoisotopic (exact) mass is 338 g/mol. The number of rotatable bonds is 2. The quantitative estimate of drug-likeness (QED) is 0.613. The van der Waals surface area contributed by atoms with Crippen molar-refractivity contribution < 1.29 is 18.3 Å². The van der Waals surface area contributed by atoms with Crippen LogP contribution in [0.4, 0.5) is 8.78 Å². The van der Waals surface area contributed by atoms with Gasteiger partial charge in [-0.1, -0.05) is 12.1 Å². The average molecular weight is 339 g/mol. The lowest BCUT2D eigenvalue weighted by molar-refractivity contribution is 0.103. The molecule has 0 saturated heterocycles. The smallest absolute Gasteiger partial charge is 0.198 e. The first-order chi connectivity index (χ1) is 9.59. The van der Waals surface area contributed by atoms with E-state index in [2.05, 4.69) is 15.9 Å². The molecule has 0 N–H and O–H groups in total. The van der Waals surface area contributed by atoms with E-state index in [-0.39, 0.29) is 10.0 Å². The molecule has 0 atom stereocenters. The van der Waals surface area contributed by atoms with Crippen LogP contribution >= 0.6 is 15.9 Å². The van der Waals surface area contributed by atoms with E-state index in [1.54, 1.807) is 12.1 Å². The van der Waals surface area contributed by atoms with E-state index in [0.29, 0.717) is 17.9 Å². The van der Waals surface area contributed by atoms with Crippen molar-refractivity contribution in [3.05, 3.63) is 63.1 Å². The second-order valence-corrected chi connectivity index (χ2v) is 5.24. The number of benzene rings is 2. The number of hydrogen-bond donors (Lipinski definition) is 0. The van der Waals surface area contributed by atoms with Crippen LogP contribution in [0.25, 0.3) is 0 Å². The predicted molar refractivity (Wildman–Crippen MR) is 73.1 cm³/mol. The standard InChI is InChI=1S/C15H9BrF2O2/c16-12-9(4-5-11(17)13(12)18)14(19)10-3-1-2-8-6-7-20-15(8)10/h1-5H,6-7H2. The summed E-state index contributed by atoms with van der Waals surface area (Å²) in [6.45, 7) is 0.526. The van der Waals surface area contributed by atoms with E-state index in [1.807, 2.05) is 6.07 Å². The molecule has 102 valence electrons. The van der Waals surface area contributed by atoms with Crippen LogP contribution in [-0.4, -0.2) is 12.4 Å². The molecular formula is C15H9BrF2O2. The van der Waals surface area contributed by atoms with Crippen molar-refractivity contribution in [1.82, 2.24) is 0 Å². The van der Waals surface area contributed by atoms with Crippen molar-refractivity contribution in [3.63, 3.8) is 0 Å². The van der Waals surface area contributed by atoms with Crippen molar-refractivity contribution in [1.29, 1.82) is 0 Å². The van der Waals surface area contributed by atoms with Gasteiger partial charge in [0.1, 0.15) is 5.75 Å². The molecule has 0 aliphatic carbocycles. The molecule has 0 radical (unpaired) electrons. The van der Waals surface area contributed by atoms with Gasteiger partial charge in [0, 0.05) is 12.0 Å². The van der Waals surface area contributed by atoms with E-state index in [1.165, 1.54) is 6.07 Å². The third kappa shape index (κ3) is 2.02. The lowest BCUT2D eigenvalue weighted by Gasteiger charge is -2.09. The number of carbonyl (C=O) groups excluding carboxylic acids is 1. The number of hydrogen-bond acceptors (Lipinski definition) is 2. The van der Waals surface area contributed by atoms with Crippen LogP contribution in [0.1, 0.15) is 21.5 Å². The number of halogens is 3. The highest BCUT2D eigenvalue weighted by Gasteiger charge is 2.24. The number of carbonyl (C=O) groups is 1. The predicted octanol–water partition coefficient (Wildman–Crippen LogP) is 3.89. The first-order valence-corrected chi connectivity index (χ1v) is 6.82. The van der Waals surface area contributed by atoms with Gasteiger partial charge in [0.15, 0.2) is 17.4 Å². The van der Waals surface area contributed by atoms with Crippen LogP contribution in [0, 0.1) is 11.6 Å². The molecule has 20 heavy (non-hydrogen) atoms. The number of fused-ring (bicyclic) bond motifs is 1. The molecule has 0 unspecified atom stereocenters. The third-order valence-electron chi connectivity index (χ3n) is 3.24. The van der Waals surface area contributed by atoms with Crippen molar-refractivity contribution in [2.45, 2.75) is 6.42 Å². The minimum Gasteiger partial charge on any atom is -0.492 e. The minimum absolute atomic E-state index is 0.0767. The molecule has 1 aliphatic heterocycles. The molecule has 1 aliphatic rings. The van der Waals surface area contributed by atoms with E-state index >= 15 is 0 Å². The van der Waals surface area contributed by atoms with Crippen molar-refractivity contribution in [3.8, 4) is 5.75 Å². The fourth-order valence-electron chi connectivity index (χ4n) is 2.24. The Bertz CT molecular complexity index is 713. The van der Waals surface area contributed by atoms with E-state index in [4.69, 9.17) is 4.74 Å². The number of ketones is 1. The van der Waals surface area contributed by atoms with E-state index in [0.717, 1.165) is 18.1 Å². The zero-order valence-electron chi connectivity index (χ0n) is 10.3. The first kappa shape index (κ1) is 13.2. The molecule has 0 amide bonds. The summed E-state index contributed by atoms with van der Waals surface area (Å²) < 4.78 is 31.9. The van der Waals surface area contributed by atoms with E-state index in [9.17, 15) is 13.6 Å². The molecule has 3 rings (SSSR count). The highest BCUT2D eigenvalue weighted by molar-refractivity contribution is 9.10. The molecular weight excluding hydrogens is 330 g/mol. The summed E-state index contributed by atoms with van der Waals surface area (Å²) in [4.78, 5) is 12.5. The van der Waals surface area contributed by atoms with Crippen LogP contribution in [0.5, 0.6) is 5.75 Å². The van der Waals surface area contributed by atoms with Gasteiger partial charge in [-0.2, -0.15) is 0 Å². The van der Waals surface area contributed by atoms with Gasteiger partial charge in [-0.15, -0.1) is 0 Å². The Balaban J connectivity index is 2.11. The molecule has 0 bridgehead atoms. The molecule has 2 aromatic carbocycles. The van der Waals surface area contributed by atoms with Crippen molar-refractivity contribution in [2.24, 2.45) is 0 Å². The van der Waals surface area contributed by atoms with Crippen LogP contribution < -0.4 is 4.74 Å². The van der Waals surface area contributed by atoms with Crippen molar-refractivity contribution in [2.75, 3.05) is 6.61 Å². The summed E-state index contributed by atoms with van der Waals surface area (Å²) in [5, 5.41) is 0. The van der Waals surface area contributed by atoms with Gasteiger partial charge in [0.05, 0.1) is 16.6 Å². The summed E-state index contributed by atoms with van der Waals surface area (Å²) in [6, 6.07) is 7.48.